The normalized spacial score (nSPS) is 23.6. The Bertz CT molecular complexity index is 890. The molecular formula is C22H22FNO2. The zero-order valence-electron chi connectivity index (χ0n) is 15.0. The van der Waals surface area contributed by atoms with Gasteiger partial charge in [0.05, 0.1) is 18.7 Å². The van der Waals surface area contributed by atoms with E-state index >= 15 is 0 Å². The van der Waals surface area contributed by atoms with Gasteiger partial charge in [-0.05, 0) is 49.4 Å². The van der Waals surface area contributed by atoms with Crippen LogP contribution in [0.15, 0.2) is 48.6 Å². The largest absolute Gasteiger partial charge is 0.465 e. The van der Waals surface area contributed by atoms with Crippen LogP contribution in [0.1, 0.15) is 51.8 Å². The summed E-state index contributed by atoms with van der Waals surface area (Å²) >= 11 is 0. The van der Waals surface area contributed by atoms with Gasteiger partial charge in [-0.3, -0.25) is 0 Å². The predicted octanol–water partition coefficient (Wildman–Crippen LogP) is 5.14. The molecule has 1 heterocycles. The quantitative estimate of drug-likeness (QED) is 0.601. The molecule has 2 aliphatic rings. The number of ether oxygens (including phenoxy) is 1. The van der Waals surface area contributed by atoms with Crippen LogP contribution in [0.4, 0.5) is 10.1 Å². The second-order valence-corrected chi connectivity index (χ2v) is 7.14. The van der Waals surface area contributed by atoms with Gasteiger partial charge in [-0.25, -0.2) is 9.18 Å². The summed E-state index contributed by atoms with van der Waals surface area (Å²) in [6, 6.07) is 10.9. The van der Waals surface area contributed by atoms with Gasteiger partial charge in [0, 0.05) is 17.2 Å². The fraction of sp³-hybridized carbons (Fsp3) is 0.318. The summed E-state index contributed by atoms with van der Waals surface area (Å²) in [7, 11) is 1.30. The van der Waals surface area contributed by atoms with E-state index in [1.165, 1.54) is 24.3 Å². The number of carbonyl (C=O) groups excluding carboxylic acids is 1. The van der Waals surface area contributed by atoms with E-state index in [2.05, 4.69) is 47.3 Å². The molecule has 3 nitrogen and oxygen atoms in total. The van der Waals surface area contributed by atoms with E-state index in [1.807, 2.05) is 0 Å². The van der Waals surface area contributed by atoms with E-state index in [0.717, 1.165) is 18.5 Å². The number of rotatable bonds is 2. The summed E-state index contributed by atoms with van der Waals surface area (Å²) in [4.78, 5) is 11.7. The minimum Gasteiger partial charge on any atom is -0.465 e. The molecule has 0 spiro atoms. The molecule has 0 fully saturated rings. The highest BCUT2D eigenvalue weighted by atomic mass is 19.1. The van der Waals surface area contributed by atoms with Crippen LogP contribution >= 0.6 is 0 Å². The number of esters is 1. The van der Waals surface area contributed by atoms with Gasteiger partial charge in [0.25, 0.3) is 0 Å². The van der Waals surface area contributed by atoms with Crippen molar-refractivity contribution >= 4 is 11.7 Å². The fourth-order valence-electron chi connectivity index (χ4n) is 4.26. The molecule has 0 aromatic heterocycles. The molecule has 4 rings (SSSR count). The average Bonchev–Trinajstić information content (AvgIpc) is 2.67. The monoisotopic (exact) mass is 351 g/mol. The van der Waals surface area contributed by atoms with Gasteiger partial charge in [-0.2, -0.15) is 0 Å². The molecule has 2 aromatic rings. The first kappa shape index (κ1) is 16.8. The molecule has 2 aromatic carbocycles. The van der Waals surface area contributed by atoms with Crippen LogP contribution < -0.4 is 5.32 Å². The summed E-state index contributed by atoms with van der Waals surface area (Å²) < 4.78 is 19.6. The minimum atomic E-state index is -0.522. The van der Waals surface area contributed by atoms with E-state index in [0.29, 0.717) is 5.56 Å². The van der Waals surface area contributed by atoms with Crippen LogP contribution in [0, 0.1) is 18.7 Å². The third kappa shape index (κ3) is 2.79. The number of hydrogen-bond donors (Lipinski definition) is 1. The minimum absolute atomic E-state index is 0.119. The van der Waals surface area contributed by atoms with Crippen LogP contribution in [0.2, 0.25) is 0 Å². The van der Waals surface area contributed by atoms with Crippen molar-refractivity contribution in [1.82, 2.24) is 0 Å². The molecule has 3 atom stereocenters. The SMILES string of the molecule is COC(=O)c1ccc([C@H]2Nc3ccc(C)cc3[C@@H]3C=CCC[C@H]23)c(F)c1. The third-order valence-corrected chi connectivity index (χ3v) is 5.53. The first-order valence-electron chi connectivity index (χ1n) is 9.00. The zero-order chi connectivity index (χ0) is 18.3. The molecule has 1 aliphatic heterocycles. The second kappa shape index (κ2) is 6.60. The first-order valence-corrected chi connectivity index (χ1v) is 9.00. The predicted molar refractivity (Wildman–Crippen MR) is 99.9 cm³/mol. The molecule has 0 bridgehead atoms. The molecule has 4 heteroatoms. The highest BCUT2D eigenvalue weighted by Crippen LogP contribution is 2.49. The molecule has 1 aliphatic carbocycles. The summed E-state index contributed by atoms with van der Waals surface area (Å²) in [6.07, 6.45) is 6.50. The van der Waals surface area contributed by atoms with Crippen molar-refractivity contribution in [2.45, 2.75) is 31.7 Å². The van der Waals surface area contributed by atoms with E-state index < -0.39 is 5.97 Å². The van der Waals surface area contributed by atoms with Crippen molar-refractivity contribution in [3.63, 3.8) is 0 Å². The van der Waals surface area contributed by atoms with Crippen molar-refractivity contribution in [1.29, 1.82) is 0 Å². The Hall–Kier alpha value is -2.62. The lowest BCUT2D eigenvalue weighted by atomic mass is 9.70. The van der Waals surface area contributed by atoms with Gasteiger partial charge in [0.15, 0.2) is 0 Å². The van der Waals surface area contributed by atoms with Gasteiger partial charge in [-0.1, -0.05) is 35.9 Å². The van der Waals surface area contributed by atoms with Crippen LogP contribution in [-0.4, -0.2) is 13.1 Å². The number of benzene rings is 2. The third-order valence-electron chi connectivity index (χ3n) is 5.53. The number of allylic oxidation sites excluding steroid dienone is 2. The Morgan fingerprint density at radius 3 is 2.81 bits per heavy atom. The number of carbonyl (C=O) groups is 1. The van der Waals surface area contributed by atoms with Crippen molar-refractivity contribution in [3.05, 3.63) is 76.6 Å². The summed E-state index contributed by atoms with van der Waals surface area (Å²) in [5.41, 5.74) is 4.42. The molecule has 0 radical (unpaired) electrons. The Morgan fingerprint density at radius 1 is 1.19 bits per heavy atom. The van der Waals surface area contributed by atoms with E-state index in [4.69, 9.17) is 0 Å². The molecule has 0 saturated heterocycles. The van der Waals surface area contributed by atoms with Crippen molar-refractivity contribution < 1.29 is 13.9 Å². The molecule has 1 N–H and O–H groups in total. The molecule has 26 heavy (non-hydrogen) atoms. The van der Waals surface area contributed by atoms with Gasteiger partial charge >= 0.3 is 5.97 Å². The molecule has 0 amide bonds. The van der Waals surface area contributed by atoms with Gasteiger partial charge in [-0.15, -0.1) is 0 Å². The number of fused-ring (bicyclic) bond motifs is 3. The maximum atomic E-state index is 14.9. The summed E-state index contributed by atoms with van der Waals surface area (Å²) in [5.74, 6) is -0.321. The Morgan fingerprint density at radius 2 is 2.04 bits per heavy atom. The highest BCUT2D eigenvalue weighted by molar-refractivity contribution is 5.89. The summed E-state index contributed by atoms with van der Waals surface area (Å²) in [5, 5.41) is 3.55. The van der Waals surface area contributed by atoms with Crippen LogP contribution in [-0.2, 0) is 4.74 Å². The maximum Gasteiger partial charge on any atom is 0.337 e. The van der Waals surface area contributed by atoms with Crippen LogP contribution in [0.3, 0.4) is 0 Å². The smallest absolute Gasteiger partial charge is 0.337 e. The number of halogens is 1. The topological polar surface area (TPSA) is 38.3 Å². The second-order valence-electron chi connectivity index (χ2n) is 7.14. The molecular weight excluding hydrogens is 329 g/mol. The number of aryl methyl sites for hydroxylation is 1. The Balaban J connectivity index is 1.76. The Kier molecular flexibility index (Phi) is 4.27. The van der Waals surface area contributed by atoms with Gasteiger partial charge in [0.1, 0.15) is 5.82 Å². The van der Waals surface area contributed by atoms with Crippen LogP contribution in [0.5, 0.6) is 0 Å². The van der Waals surface area contributed by atoms with E-state index in [-0.39, 0.29) is 29.3 Å². The fourth-order valence-corrected chi connectivity index (χ4v) is 4.26. The van der Waals surface area contributed by atoms with Crippen molar-refractivity contribution in [2.24, 2.45) is 5.92 Å². The van der Waals surface area contributed by atoms with E-state index in [1.54, 1.807) is 12.1 Å². The average molecular weight is 351 g/mol. The lowest BCUT2D eigenvalue weighted by molar-refractivity contribution is 0.0600. The standard InChI is InChI=1S/C22H22FNO2/c1-13-7-10-20-18(11-13)15-5-3-4-6-16(15)21(24-20)17-9-8-14(12-19(17)23)22(25)26-2/h3,5,7-12,15-16,21,24H,4,6H2,1-2H3/t15-,16+,21+/m1/s1. The van der Waals surface area contributed by atoms with Crippen molar-refractivity contribution in [2.75, 3.05) is 12.4 Å². The summed E-state index contributed by atoms with van der Waals surface area (Å²) in [6.45, 7) is 2.10. The van der Waals surface area contributed by atoms with Gasteiger partial charge < -0.3 is 10.1 Å². The number of methoxy groups -OCH3 is 1. The number of nitrogens with one attached hydrogen (secondary N) is 1. The maximum absolute atomic E-state index is 14.9. The van der Waals surface area contributed by atoms with Crippen LogP contribution in [0.25, 0.3) is 0 Å². The van der Waals surface area contributed by atoms with E-state index in [9.17, 15) is 9.18 Å². The molecule has 134 valence electrons. The molecule has 0 unspecified atom stereocenters. The lowest BCUT2D eigenvalue weighted by Gasteiger charge is -2.42. The van der Waals surface area contributed by atoms with Gasteiger partial charge in [0.2, 0.25) is 0 Å². The number of anilines is 1. The first-order chi connectivity index (χ1) is 12.6. The molecule has 0 saturated carbocycles. The van der Waals surface area contributed by atoms with Crippen molar-refractivity contribution in [3.8, 4) is 0 Å². The zero-order valence-corrected chi connectivity index (χ0v) is 15.0. The Labute approximate surface area is 152 Å². The number of hydrogen-bond acceptors (Lipinski definition) is 3. The lowest BCUT2D eigenvalue weighted by Crippen LogP contribution is -2.33. The highest BCUT2D eigenvalue weighted by Gasteiger charge is 2.38.